The summed E-state index contributed by atoms with van der Waals surface area (Å²) in [7, 11) is 0. The zero-order chi connectivity index (χ0) is 13.0. The first-order valence-electron chi connectivity index (χ1n) is 6.48. The molecule has 1 aromatic carbocycles. The average Bonchev–Trinajstić information content (AvgIpc) is 2.82. The molecule has 0 N–H and O–H groups in total. The van der Waals surface area contributed by atoms with E-state index in [4.69, 9.17) is 16.6 Å². The van der Waals surface area contributed by atoms with Crippen molar-refractivity contribution in [3.05, 3.63) is 24.3 Å². The number of halogens is 1. The van der Waals surface area contributed by atoms with Crippen molar-refractivity contribution in [3.8, 4) is 0 Å². The van der Waals surface area contributed by atoms with Crippen LogP contribution in [0.15, 0.2) is 24.3 Å². The number of hydrogen-bond acceptors (Lipinski definition) is 3. The van der Waals surface area contributed by atoms with E-state index in [0.29, 0.717) is 11.9 Å². The summed E-state index contributed by atoms with van der Waals surface area (Å²) in [6.45, 7) is 5.32. The SMILES string of the molecule is CCC(CC)N(CCCl)c1nc2ccccc2s1. The second-order valence-electron chi connectivity index (χ2n) is 4.32. The fourth-order valence-corrected chi connectivity index (χ4v) is 3.48. The van der Waals surface area contributed by atoms with Crippen LogP contribution in [0.1, 0.15) is 26.7 Å². The summed E-state index contributed by atoms with van der Waals surface area (Å²) in [5.41, 5.74) is 1.09. The maximum absolute atomic E-state index is 5.94. The van der Waals surface area contributed by atoms with Gasteiger partial charge in [-0.05, 0) is 25.0 Å². The van der Waals surface area contributed by atoms with E-state index < -0.39 is 0 Å². The molecule has 0 aliphatic heterocycles. The molecule has 0 bridgehead atoms. The maximum Gasteiger partial charge on any atom is 0.186 e. The summed E-state index contributed by atoms with van der Waals surface area (Å²) in [5.74, 6) is 0.645. The molecule has 2 nitrogen and oxygen atoms in total. The number of fused-ring (bicyclic) bond motifs is 1. The molecular formula is C14H19ClN2S. The van der Waals surface area contributed by atoms with Crippen LogP contribution in [0.5, 0.6) is 0 Å². The average molecular weight is 283 g/mol. The highest BCUT2D eigenvalue weighted by atomic mass is 35.5. The van der Waals surface area contributed by atoms with Gasteiger partial charge in [0.2, 0.25) is 0 Å². The summed E-state index contributed by atoms with van der Waals surface area (Å²) in [4.78, 5) is 7.09. The molecule has 0 saturated heterocycles. The maximum atomic E-state index is 5.94. The summed E-state index contributed by atoms with van der Waals surface area (Å²) in [5, 5.41) is 1.10. The fourth-order valence-electron chi connectivity index (χ4n) is 2.24. The predicted molar refractivity (Wildman–Crippen MR) is 82.1 cm³/mol. The van der Waals surface area contributed by atoms with Crippen LogP contribution in [-0.4, -0.2) is 23.5 Å². The van der Waals surface area contributed by atoms with Crippen LogP contribution in [0.3, 0.4) is 0 Å². The zero-order valence-corrected chi connectivity index (χ0v) is 12.5. The molecule has 2 aromatic rings. The number of nitrogens with zero attached hydrogens (tertiary/aromatic N) is 2. The van der Waals surface area contributed by atoms with Crippen LogP contribution in [0.4, 0.5) is 5.13 Å². The van der Waals surface area contributed by atoms with Crippen LogP contribution in [0.25, 0.3) is 10.2 Å². The lowest BCUT2D eigenvalue weighted by Crippen LogP contribution is -2.35. The molecule has 0 fully saturated rings. The van der Waals surface area contributed by atoms with E-state index in [9.17, 15) is 0 Å². The van der Waals surface area contributed by atoms with Crippen LogP contribution >= 0.6 is 22.9 Å². The molecule has 0 saturated carbocycles. The van der Waals surface area contributed by atoms with Crippen LogP contribution in [-0.2, 0) is 0 Å². The Morgan fingerprint density at radius 2 is 2.00 bits per heavy atom. The molecule has 4 heteroatoms. The molecule has 0 unspecified atom stereocenters. The molecule has 18 heavy (non-hydrogen) atoms. The number of anilines is 1. The van der Waals surface area contributed by atoms with Crippen LogP contribution in [0.2, 0.25) is 0 Å². The molecule has 0 aliphatic rings. The Labute approximate surface area is 118 Å². The van der Waals surface area contributed by atoms with E-state index in [1.165, 1.54) is 4.70 Å². The summed E-state index contributed by atoms with van der Waals surface area (Å²) >= 11 is 7.70. The van der Waals surface area contributed by atoms with E-state index in [-0.39, 0.29) is 0 Å². The Hall–Kier alpha value is -0.800. The lowest BCUT2D eigenvalue weighted by molar-refractivity contribution is 0.567. The van der Waals surface area contributed by atoms with Gasteiger partial charge >= 0.3 is 0 Å². The van der Waals surface area contributed by atoms with Gasteiger partial charge in [0.05, 0.1) is 10.2 Å². The quantitative estimate of drug-likeness (QED) is 0.724. The number of aromatic nitrogens is 1. The third-order valence-corrected chi connectivity index (χ3v) is 4.48. The lowest BCUT2D eigenvalue weighted by Gasteiger charge is -2.29. The Morgan fingerprint density at radius 3 is 2.61 bits per heavy atom. The molecule has 98 valence electrons. The second-order valence-corrected chi connectivity index (χ2v) is 5.70. The van der Waals surface area contributed by atoms with Crippen molar-refractivity contribution in [3.63, 3.8) is 0 Å². The van der Waals surface area contributed by atoms with Crippen molar-refractivity contribution in [1.82, 2.24) is 4.98 Å². The van der Waals surface area contributed by atoms with E-state index >= 15 is 0 Å². The van der Waals surface area contributed by atoms with Gasteiger partial charge in [-0.1, -0.05) is 37.3 Å². The number of thiazole rings is 1. The summed E-state index contributed by atoms with van der Waals surface area (Å²) < 4.78 is 1.25. The first kappa shape index (κ1) is 13.6. The Bertz CT molecular complexity index is 460. The molecule has 1 aromatic heterocycles. The predicted octanol–water partition coefficient (Wildman–Crippen LogP) is 4.53. The number of rotatable bonds is 6. The third kappa shape index (κ3) is 2.78. The molecular weight excluding hydrogens is 264 g/mol. The van der Waals surface area contributed by atoms with Gasteiger partial charge in [0.1, 0.15) is 0 Å². The second kappa shape index (κ2) is 6.39. The van der Waals surface area contributed by atoms with E-state index in [1.54, 1.807) is 11.3 Å². The van der Waals surface area contributed by atoms with Crippen LogP contribution < -0.4 is 4.90 Å². The van der Waals surface area contributed by atoms with E-state index in [0.717, 1.165) is 30.0 Å². The van der Waals surface area contributed by atoms with Crippen molar-refractivity contribution in [2.24, 2.45) is 0 Å². The number of para-hydroxylation sites is 1. The fraction of sp³-hybridized carbons (Fsp3) is 0.500. The summed E-state index contributed by atoms with van der Waals surface area (Å²) in [6.07, 6.45) is 2.26. The minimum atomic E-state index is 0.532. The normalized spacial score (nSPS) is 11.3. The van der Waals surface area contributed by atoms with Crippen molar-refractivity contribution in [2.45, 2.75) is 32.7 Å². The van der Waals surface area contributed by atoms with Crippen molar-refractivity contribution in [2.75, 3.05) is 17.3 Å². The minimum Gasteiger partial charge on any atom is -0.344 e. The topological polar surface area (TPSA) is 16.1 Å². The van der Waals surface area contributed by atoms with Gasteiger partial charge < -0.3 is 4.90 Å². The van der Waals surface area contributed by atoms with Crippen LogP contribution in [0, 0.1) is 0 Å². The highest BCUT2D eigenvalue weighted by Crippen LogP contribution is 2.30. The molecule has 2 rings (SSSR count). The molecule has 0 atom stereocenters. The number of benzene rings is 1. The van der Waals surface area contributed by atoms with Gasteiger partial charge in [0.15, 0.2) is 5.13 Å². The molecule has 1 heterocycles. The monoisotopic (exact) mass is 282 g/mol. The minimum absolute atomic E-state index is 0.532. The number of hydrogen-bond donors (Lipinski definition) is 0. The van der Waals surface area contributed by atoms with Gasteiger partial charge in [0.25, 0.3) is 0 Å². The Balaban J connectivity index is 2.34. The first-order valence-corrected chi connectivity index (χ1v) is 7.83. The Kier molecular flexibility index (Phi) is 4.84. The summed E-state index contributed by atoms with van der Waals surface area (Å²) in [6, 6.07) is 8.83. The largest absolute Gasteiger partial charge is 0.344 e. The smallest absolute Gasteiger partial charge is 0.186 e. The molecule has 0 aliphatic carbocycles. The zero-order valence-electron chi connectivity index (χ0n) is 10.9. The number of alkyl halides is 1. The van der Waals surface area contributed by atoms with E-state index in [1.807, 2.05) is 6.07 Å². The van der Waals surface area contributed by atoms with E-state index in [2.05, 4.69) is 36.9 Å². The van der Waals surface area contributed by atoms with Gasteiger partial charge in [-0.2, -0.15) is 0 Å². The molecule has 0 amide bonds. The van der Waals surface area contributed by atoms with Gasteiger partial charge in [-0.3, -0.25) is 0 Å². The third-order valence-electron chi connectivity index (χ3n) is 3.24. The molecule has 0 radical (unpaired) electrons. The highest BCUT2D eigenvalue weighted by molar-refractivity contribution is 7.22. The standard InChI is InChI=1S/C14H19ClN2S/c1-3-11(4-2)17(10-9-15)14-16-12-7-5-6-8-13(12)18-14/h5-8,11H,3-4,9-10H2,1-2H3. The highest BCUT2D eigenvalue weighted by Gasteiger charge is 2.18. The lowest BCUT2D eigenvalue weighted by atomic mass is 10.1. The van der Waals surface area contributed by atoms with Gasteiger partial charge in [-0.15, -0.1) is 11.6 Å². The van der Waals surface area contributed by atoms with Gasteiger partial charge in [-0.25, -0.2) is 4.98 Å². The first-order chi connectivity index (χ1) is 8.80. The van der Waals surface area contributed by atoms with Gasteiger partial charge in [0, 0.05) is 18.5 Å². The molecule has 0 spiro atoms. The van der Waals surface area contributed by atoms with Crippen molar-refractivity contribution < 1.29 is 0 Å². The van der Waals surface area contributed by atoms with Crippen molar-refractivity contribution >= 4 is 38.3 Å². The Morgan fingerprint density at radius 1 is 1.28 bits per heavy atom. The van der Waals surface area contributed by atoms with Crippen molar-refractivity contribution in [1.29, 1.82) is 0 Å².